The molecule has 3 N–H and O–H groups in total. The summed E-state index contributed by atoms with van der Waals surface area (Å²) in [5, 5.41) is 2.63. The molecule has 0 aliphatic carbocycles. The number of hydrogen-bond donors (Lipinski definition) is 2. The Morgan fingerprint density at radius 1 is 0.920 bits per heavy atom. The molecule has 0 bridgehead atoms. The highest BCUT2D eigenvalue weighted by molar-refractivity contribution is 6.10. The van der Waals surface area contributed by atoms with Gasteiger partial charge in [-0.25, -0.2) is 9.97 Å². The van der Waals surface area contributed by atoms with E-state index in [0.717, 1.165) is 27.4 Å². The number of hydrogen-bond acceptors (Lipinski definition) is 6. The lowest BCUT2D eigenvalue weighted by molar-refractivity contribution is 0.356. The van der Waals surface area contributed by atoms with E-state index in [0.29, 0.717) is 28.8 Å². The molecule has 126 valence electrons. The van der Waals surface area contributed by atoms with Gasteiger partial charge in [-0.3, -0.25) is 4.98 Å². The van der Waals surface area contributed by atoms with Crippen molar-refractivity contribution in [3.05, 3.63) is 36.3 Å². The molecule has 0 saturated heterocycles. The number of rotatable bonds is 3. The number of ether oxygens (including phenoxy) is 2. The van der Waals surface area contributed by atoms with E-state index in [1.54, 1.807) is 26.6 Å². The molecule has 7 nitrogen and oxygen atoms in total. The van der Waals surface area contributed by atoms with Crippen molar-refractivity contribution in [3.8, 4) is 23.0 Å². The van der Waals surface area contributed by atoms with Gasteiger partial charge in [0.1, 0.15) is 11.5 Å². The van der Waals surface area contributed by atoms with Crippen LogP contribution in [-0.2, 0) is 0 Å². The van der Waals surface area contributed by atoms with Crippen molar-refractivity contribution < 1.29 is 9.47 Å². The van der Waals surface area contributed by atoms with Crippen LogP contribution in [0.25, 0.3) is 33.2 Å². The van der Waals surface area contributed by atoms with Crippen molar-refractivity contribution in [2.75, 3.05) is 20.0 Å². The molecule has 0 fully saturated rings. The molecule has 3 heterocycles. The summed E-state index contributed by atoms with van der Waals surface area (Å²) >= 11 is 0. The second kappa shape index (κ2) is 5.62. The second-order valence-electron chi connectivity index (χ2n) is 5.75. The maximum Gasteiger partial charge on any atom is 0.162 e. The Balaban J connectivity index is 2.06. The smallest absolute Gasteiger partial charge is 0.162 e. The maximum atomic E-state index is 6.17. The molecule has 0 spiro atoms. The van der Waals surface area contributed by atoms with Gasteiger partial charge in [-0.15, -0.1) is 0 Å². The first-order valence-corrected chi connectivity index (χ1v) is 7.73. The molecule has 0 saturated carbocycles. The van der Waals surface area contributed by atoms with Gasteiger partial charge in [-0.1, -0.05) is 0 Å². The van der Waals surface area contributed by atoms with E-state index in [4.69, 9.17) is 15.2 Å². The van der Waals surface area contributed by atoms with Gasteiger partial charge in [0.25, 0.3) is 0 Å². The number of anilines is 1. The molecule has 0 radical (unpaired) electrons. The zero-order valence-electron chi connectivity index (χ0n) is 14.1. The van der Waals surface area contributed by atoms with Crippen molar-refractivity contribution >= 4 is 27.5 Å². The lowest BCUT2D eigenvalue weighted by Gasteiger charge is -2.11. The fourth-order valence-corrected chi connectivity index (χ4v) is 2.92. The summed E-state index contributed by atoms with van der Waals surface area (Å²) < 4.78 is 10.8. The summed E-state index contributed by atoms with van der Waals surface area (Å²) in [6.45, 7) is 1.94. The van der Waals surface area contributed by atoms with Crippen molar-refractivity contribution in [2.24, 2.45) is 0 Å². The lowest BCUT2D eigenvalue weighted by atomic mass is 10.1. The number of H-pyrrole nitrogens is 1. The normalized spacial score (nSPS) is 11.2. The predicted octanol–water partition coefficient (Wildman–Crippen LogP) is 3.08. The van der Waals surface area contributed by atoms with Crippen molar-refractivity contribution in [1.29, 1.82) is 0 Å². The number of nitrogens with two attached hydrogens (primary N) is 1. The van der Waals surface area contributed by atoms with Gasteiger partial charge in [-0.2, -0.15) is 0 Å². The topological polar surface area (TPSA) is 98.9 Å². The molecule has 0 atom stereocenters. The summed E-state index contributed by atoms with van der Waals surface area (Å²) in [5.41, 5.74) is 8.60. The van der Waals surface area contributed by atoms with E-state index in [1.165, 1.54) is 0 Å². The zero-order chi connectivity index (χ0) is 17.6. The van der Waals surface area contributed by atoms with Gasteiger partial charge < -0.3 is 20.2 Å². The number of nitrogens with zero attached hydrogens (tertiary/aromatic N) is 3. The number of methoxy groups -OCH3 is 2. The summed E-state index contributed by atoms with van der Waals surface area (Å²) in [6.07, 6.45) is 3.49. The fourth-order valence-electron chi connectivity index (χ4n) is 2.92. The molecule has 1 aromatic carbocycles. The number of fused-ring (bicyclic) bond motifs is 3. The Kier molecular flexibility index (Phi) is 3.42. The zero-order valence-corrected chi connectivity index (χ0v) is 14.1. The van der Waals surface area contributed by atoms with Crippen LogP contribution in [0, 0.1) is 6.92 Å². The molecule has 3 aromatic heterocycles. The second-order valence-corrected chi connectivity index (χ2v) is 5.75. The van der Waals surface area contributed by atoms with E-state index in [9.17, 15) is 0 Å². The van der Waals surface area contributed by atoms with Crippen LogP contribution in [0.15, 0.2) is 30.6 Å². The van der Waals surface area contributed by atoms with Crippen molar-refractivity contribution in [1.82, 2.24) is 19.9 Å². The van der Waals surface area contributed by atoms with Crippen LogP contribution in [0.1, 0.15) is 5.69 Å². The van der Waals surface area contributed by atoms with Gasteiger partial charge >= 0.3 is 0 Å². The third kappa shape index (κ3) is 2.40. The summed E-state index contributed by atoms with van der Waals surface area (Å²) in [4.78, 5) is 16.5. The van der Waals surface area contributed by atoms with E-state index in [-0.39, 0.29) is 0 Å². The first-order chi connectivity index (χ1) is 12.1. The summed E-state index contributed by atoms with van der Waals surface area (Å²) in [7, 11) is 3.21. The minimum absolute atomic E-state index is 0.408. The highest BCUT2D eigenvalue weighted by Crippen LogP contribution is 2.36. The number of nitrogens with one attached hydrogen (secondary N) is 1. The summed E-state index contributed by atoms with van der Waals surface area (Å²) in [5.74, 6) is 2.35. The van der Waals surface area contributed by atoms with Crippen LogP contribution in [0.2, 0.25) is 0 Å². The highest BCUT2D eigenvalue weighted by Gasteiger charge is 2.14. The Labute approximate surface area is 143 Å². The quantitative estimate of drug-likeness (QED) is 0.558. The van der Waals surface area contributed by atoms with Gasteiger partial charge in [0.2, 0.25) is 0 Å². The third-order valence-electron chi connectivity index (χ3n) is 4.16. The number of imidazole rings is 1. The van der Waals surface area contributed by atoms with Crippen LogP contribution in [0.4, 0.5) is 5.82 Å². The number of nitrogen functional groups attached to an aromatic ring is 1. The summed E-state index contributed by atoms with van der Waals surface area (Å²) in [6, 6.07) is 5.71. The van der Waals surface area contributed by atoms with Crippen LogP contribution in [-0.4, -0.2) is 34.2 Å². The van der Waals surface area contributed by atoms with Crippen LogP contribution in [0.5, 0.6) is 11.5 Å². The largest absolute Gasteiger partial charge is 0.493 e. The molecule has 7 heteroatoms. The van der Waals surface area contributed by atoms with Crippen molar-refractivity contribution in [3.63, 3.8) is 0 Å². The number of aromatic nitrogens is 4. The molecule has 0 aliphatic heterocycles. The Bertz CT molecular complexity index is 1100. The predicted molar refractivity (Wildman–Crippen MR) is 96.9 cm³/mol. The Morgan fingerprint density at radius 3 is 2.36 bits per heavy atom. The van der Waals surface area contributed by atoms with E-state index in [1.807, 2.05) is 25.1 Å². The van der Waals surface area contributed by atoms with Gasteiger partial charge in [-0.05, 0) is 24.4 Å². The Morgan fingerprint density at radius 2 is 1.68 bits per heavy atom. The van der Waals surface area contributed by atoms with Gasteiger partial charge in [0.05, 0.1) is 19.7 Å². The molecule has 0 aliphatic rings. The average Bonchev–Trinajstić information content (AvgIpc) is 3.06. The number of benzene rings is 1. The average molecular weight is 335 g/mol. The van der Waals surface area contributed by atoms with Gasteiger partial charge in [0, 0.05) is 34.9 Å². The number of aryl methyl sites for hydroxylation is 1. The molecule has 4 aromatic rings. The van der Waals surface area contributed by atoms with E-state index in [2.05, 4.69) is 19.9 Å². The minimum Gasteiger partial charge on any atom is -0.493 e. The maximum absolute atomic E-state index is 6.17. The molecule has 4 rings (SSSR count). The lowest BCUT2D eigenvalue weighted by Crippen LogP contribution is -1.97. The van der Waals surface area contributed by atoms with Crippen LogP contribution >= 0.6 is 0 Å². The van der Waals surface area contributed by atoms with Crippen molar-refractivity contribution in [2.45, 2.75) is 6.92 Å². The highest BCUT2D eigenvalue weighted by atomic mass is 16.5. The molecular weight excluding hydrogens is 318 g/mol. The van der Waals surface area contributed by atoms with E-state index >= 15 is 0 Å². The van der Waals surface area contributed by atoms with Gasteiger partial charge in [0.15, 0.2) is 17.3 Å². The number of aromatic amines is 1. The number of pyridine rings is 2. The SMILES string of the molecule is COc1cc2ncc3c(N)nc(-c4ncc(C)[nH]4)cc3c2cc1OC. The molecule has 0 unspecified atom stereocenters. The first-order valence-electron chi connectivity index (χ1n) is 7.73. The first kappa shape index (κ1) is 15.2. The molecule has 0 amide bonds. The fraction of sp³-hybridized carbons (Fsp3) is 0.167. The molecule has 25 heavy (non-hydrogen) atoms. The Hall–Kier alpha value is -3.35. The van der Waals surface area contributed by atoms with Crippen LogP contribution in [0.3, 0.4) is 0 Å². The molecular formula is C18H17N5O2. The van der Waals surface area contributed by atoms with E-state index < -0.39 is 0 Å². The monoisotopic (exact) mass is 335 g/mol. The van der Waals surface area contributed by atoms with Crippen LogP contribution < -0.4 is 15.2 Å². The minimum atomic E-state index is 0.408. The standard InChI is InChI=1S/C18H17N5O2/c1-9-7-21-18(22-9)14-4-10-11-5-15(24-2)16(25-3)6-13(11)20-8-12(10)17(19)23-14/h4-8H,1-3H3,(H2,19,23)(H,21,22). The third-order valence-corrected chi connectivity index (χ3v) is 4.16.